The molecule has 0 amide bonds. The molecule has 0 radical (unpaired) electrons. The quantitative estimate of drug-likeness (QED) is 0.660. The van der Waals surface area contributed by atoms with E-state index in [-0.39, 0.29) is 5.82 Å². The highest BCUT2D eigenvalue weighted by molar-refractivity contribution is 6.89. The maximum Gasteiger partial charge on any atom is 0.125 e. The molecule has 0 saturated carbocycles. The van der Waals surface area contributed by atoms with Crippen molar-refractivity contribution in [3.8, 4) is 11.3 Å². The topological polar surface area (TPSA) is 25.8 Å². The van der Waals surface area contributed by atoms with Crippen LogP contribution in [0.3, 0.4) is 0 Å². The molecule has 0 atom stereocenters. The Kier molecular flexibility index (Phi) is 3.57. The highest BCUT2D eigenvalue weighted by Gasteiger charge is 2.19. The minimum Gasteiger partial charge on any atom is -0.236 e. The number of halogens is 1. The molecular weight excluding hydrogens is 291 g/mol. The zero-order valence-electron chi connectivity index (χ0n) is 13.3. The highest BCUT2D eigenvalue weighted by atomic mass is 28.3. The Labute approximate surface area is 131 Å². The Morgan fingerprint density at radius 3 is 2.41 bits per heavy atom. The maximum atomic E-state index is 13.4. The summed E-state index contributed by atoms with van der Waals surface area (Å²) in [6.07, 6.45) is 1.50. The van der Waals surface area contributed by atoms with Crippen LogP contribution in [-0.4, -0.2) is 18.0 Å². The third kappa shape index (κ3) is 2.66. The van der Waals surface area contributed by atoms with Gasteiger partial charge in [0.2, 0.25) is 0 Å². The molecule has 2 nitrogen and oxygen atoms in total. The van der Waals surface area contributed by atoms with Crippen LogP contribution in [0.4, 0.5) is 4.39 Å². The minimum atomic E-state index is -1.35. The Morgan fingerprint density at radius 1 is 0.955 bits per heavy atom. The lowest BCUT2D eigenvalue weighted by atomic mass is 10.0. The fourth-order valence-electron chi connectivity index (χ4n) is 2.91. The van der Waals surface area contributed by atoms with Crippen LogP contribution in [0.2, 0.25) is 19.6 Å². The fourth-order valence-corrected chi connectivity index (χ4v) is 4.75. The predicted molar refractivity (Wildman–Crippen MR) is 92.6 cm³/mol. The number of aryl methyl sites for hydroxylation is 1. The van der Waals surface area contributed by atoms with E-state index in [1.165, 1.54) is 29.2 Å². The van der Waals surface area contributed by atoms with E-state index < -0.39 is 8.07 Å². The van der Waals surface area contributed by atoms with Crippen LogP contribution in [0.5, 0.6) is 0 Å². The lowest BCUT2D eigenvalue weighted by Gasteiger charge is -2.20. The van der Waals surface area contributed by atoms with Crippen LogP contribution in [0, 0.1) is 12.7 Å². The second kappa shape index (κ2) is 5.28. The number of hydrogen-bond acceptors (Lipinski definition) is 2. The molecule has 0 spiro atoms. The summed E-state index contributed by atoms with van der Waals surface area (Å²) < 4.78 is 13.4. The predicted octanol–water partition coefficient (Wildman–Crippen LogP) is 4.29. The molecule has 0 N–H and O–H groups in total. The normalized spacial score (nSPS) is 11.9. The second-order valence-electron chi connectivity index (χ2n) is 6.66. The highest BCUT2D eigenvalue weighted by Crippen LogP contribution is 2.26. The van der Waals surface area contributed by atoms with E-state index in [1.54, 1.807) is 6.07 Å². The molecule has 0 aliphatic carbocycles. The van der Waals surface area contributed by atoms with Crippen LogP contribution in [-0.2, 0) is 0 Å². The molecule has 3 rings (SSSR count). The summed E-state index contributed by atoms with van der Waals surface area (Å²) in [5.74, 6) is -0.276. The van der Waals surface area contributed by atoms with Gasteiger partial charge >= 0.3 is 0 Å². The number of hydrogen-bond donors (Lipinski definition) is 0. The third-order valence-corrected chi connectivity index (χ3v) is 6.08. The summed E-state index contributed by atoms with van der Waals surface area (Å²) in [4.78, 5) is 8.58. The monoisotopic (exact) mass is 310 g/mol. The van der Waals surface area contributed by atoms with Gasteiger partial charge in [-0.3, -0.25) is 0 Å². The summed E-state index contributed by atoms with van der Waals surface area (Å²) in [5.41, 5.74) is 3.84. The van der Waals surface area contributed by atoms with E-state index in [9.17, 15) is 4.39 Å². The first-order valence-electron chi connectivity index (χ1n) is 7.38. The first-order chi connectivity index (χ1) is 10.4. The van der Waals surface area contributed by atoms with Gasteiger partial charge < -0.3 is 0 Å². The zero-order valence-corrected chi connectivity index (χ0v) is 14.3. The molecule has 0 saturated heterocycles. The standard InChI is InChI=1S/C18H19FN2Si/c1-12-9-13(5-8-17(12)22(2,3)4)18-15-7-6-14(19)10-16(15)20-11-21-18/h5-11H,1-4H3. The SMILES string of the molecule is Cc1cc(-c2ncnc3cc(F)ccc23)ccc1[Si](C)(C)C. The fraction of sp³-hybridized carbons (Fsp3) is 0.222. The molecule has 2 aromatic carbocycles. The van der Waals surface area contributed by atoms with E-state index in [1.807, 2.05) is 0 Å². The van der Waals surface area contributed by atoms with Crippen molar-refractivity contribution in [1.29, 1.82) is 0 Å². The van der Waals surface area contributed by atoms with Crippen molar-refractivity contribution in [3.05, 3.63) is 54.1 Å². The number of benzene rings is 2. The summed E-state index contributed by atoms with van der Waals surface area (Å²) in [6.45, 7) is 9.19. The van der Waals surface area contributed by atoms with Gasteiger partial charge in [-0.2, -0.15) is 0 Å². The van der Waals surface area contributed by atoms with Crippen molar-refractivity contribution < 1.29 is 4.39 Å². The second-order valence-corrected chi connectivity index (χ2v) is 11.7. The van der Waals surface area contributed by atoms with Gasteiger partial charge in [0.1, 0.15) is 12.1 Å². The average molecular weight is 310 g/mol. The van der Waals surface area contributed by atoms with E-state index in [0.717, 1.165) is 16.6 Å². The molecule has 22 heavy (non-hydrogen) atoms. The van der Waals surface area contributed by atoms with Crippen LogP contribution in [0.1, 0.15) is 5.56 Å². The molecule has 0 aliphatic heterocycles. The number of rotatable bonds is 2. The Bertz CT molecular complexity index is 853. The van der Waals surface area contributed by atoms with Crippen LogP contribution >= 0.6 is 0 Å². The molecule has 4 heteroatoms. The smallest absolute Gasteiger partial charge is 0.125 e. The van der Waals surface area contributed by atoms with Gasteiger partial charge in [-0.05, 0) is 25.1 Å². The van der Waals surface area contributed by atoms with Crippen LogP contribution in [0.15, 0.2) is 42.7 Å². The summed E-state index contributed by atoms with van der Waals surface area (Å²) in [6, 6.07) is 11.2. The lowest BCUT2D eigenvalue weighted by Crippen LogP contribution is -2.39. The maximum absolute atomic E-state index is 13.4. The first-order valence-corrected chi connectivity index (χ1v) is 10.9. The van der Waals surface area contributed by atoms with Crippen molar-refractivity contribution in [2.24, 2.45) is 0 Å². The van der Waals surface area contributed by atoms with Gasteiger partial charge in [-0.1, -0.05) is 42.5 Å². The van der Waals surface area contributed by atoms with Gasteiger partial charge in [0, 0.05) is 17.0 Å². The van der Waals surface area contributed by atoms with Crippen LogP contribution < -0.4 is 5.19 Å². The Hall–Kier alpha value is -2.07. The molecule has 112 valence electrons. The third-order valence-electron chi connectivity index (χ3n) is 3.91. The van der Waals surface area contributed by atoms with E-state index in [2.05, 4.69) is 54.7 Å². The van der Waals surface area contributed by atoms with E-state index >= 15 is 0 Å². The molecule has 0 aliphatic rings. The Morgan fingerprint density at radius 2 is 1.73 bits per heavy atom. The number of nitrogens with zero attached hydrogens (tertiary/aromatic N) is 2. The largest absolute Gasteiger partial charge is 0.236 e. The van der Waals surface area contributed by atoms with E-state index in [4.69, 9.17) is 0 Å². The summed E-state index contributed by atoms with van der Waals surface area (Å²) in [7, 11) is -1.35. The van der Waals surface area contributed by atoms with Gasteiger partial charge in [-0.15, -0.1) is 0 Å². The van der Waals surface area contributed by atoms with Crippen molar-refractivity contribution >= 4 is 24.2 Å². The van der Waals surface area contributed by atoms with Crippen molar-refractivity contribution in [2.45, 2.75) is 26.6 Å². The summed E-state index contributed by atoms with van der Waals surface area (Å²) >= 11 is 0. The zero-order chi connectivity index (χ0) is 15.9. The molecular formula is C18H19FN2Si. The van der Waals surface area contributed by atoms with Gasteiger partial charge in [0.05, 0.1) is 19.3 Å². The van der Waals surface area contributed by atoms with Crippen LogP contribution in [0.25, 0.3) is 22.2 Å². The van der Waals surface area contributed by atoms with Crippen molar-refractivity contribution in [3.63, 3.8) is 0 Å². The van der Waals surface area contributed by atoms with Gasteiger partial charge in [0.15, 0.2) is 0 Å². The molecule has 0 bridgehead atoms. The minimum absolute atomic E-state index is 0.276. The number of aromatic nitrogens is 2. The lowest BCUT2D eigenvalue weighted by molar-refractivity contribution is 0.629. The average Bonchev–Trinajstić information content (AvgIpc) is 2.44. The van der Waals surface area contributed by atoms with Crippen molar-refractivity contribution in [1.82, 2.24) is 9.97 Å². The molecule has 1 heterocycles. The summed E-state index contributed by atoms with van der Waals surface area (Å²) in [5, 5.41) is 2.34. The first kappa shape index (κ1) is 14.8. The van der Waals surface area contributed by atoms with Crippen molar-refractivity contribution in [2.75, 3.05) is 0 Å². The molecule has 0 unspecified atom stereocenters. The van der Waals surface area contributed by atoms with Gasteiger partial charge in [-0.25, -0.2) is 14.4 Å². The molecule has 0 fully saturated rings. The molecule has 1 aromatic heterocycles. The number of fused-ring (bicyclic) bond motifs is 1. The van der Waals surface area contributed by atoms with Gasteiger partial charge in [0.25, 0.3) is 0 Å². The van der Waals surface area contributed by atoms with E-state index in [0.29, 0.717) is 5.52 Å². The Balaban J connectivity index is 2.18. The molecule has 3 aromatic rings.